The van der Waals surface area contributed by atoms with Crippen LogP contribution in [0.4, 0.5) is 4.39 Å². The predicted octanol–water partition coefficient (Wildman–Crippen LogP) is 5.12. The SMILES string of the molecule is CN1[C@@H]2CC[C@H]1[C@H](COc1ccc(Cl)cc1)[C@H](c1ccc(F)cc1)C2. The number of nitrogens with zero attached hydrogens (tertiary/aromatic N) is 1. The van der Waals surface area contributed by atoms with Gasteiger partial charge in [0.2, 0.25) is 0 Å². The maximum atomic E-state index is 13.3. The highest BCUT2D eigenvalue weighted by Crippen LogP contribution is 2.46. The summed E-state index contributed by atoms with van der Waals surface area (Å²) in [5, 5.41) is 0.715. The second-order valence-corrected chi connectivity index (χ2v) is 7.72. The molecule has 2 fully saturated rings. The van der Waals surface area contributed by atoms with Gasteiger partial charge in [-0.25, -0.2) is 4.39 Å². The molecule has 2 aromatic rings. The lowest BCUT2D eigenvalue weighted by Crippen LogP contribution is -2.47. The van der Waals surface area contributed by atoms with Crippen molar-refractivity contribution in [1.82, 2.24) is 4.90 Å². The first kappa shape index (κ1) is 16.9. The summed E-state index contributed by atoms with van der Waals surface area (Å²) in [4.78, 5) is 2.52. The van der Waals surface area contributed by atoms with Crippen molar-refractivity contribution in [2.24, 2.45) is 5.92 Å². The number of rotatable bonds is 4. The van der Waals surface area contributed by atoms with Crippen LogP contribution in [0.3, 0.4) is 0 Å². The van der Waals surface area contributed by atoms with Crippen LogP contribution in [0.5, 0.6) is 5.75 Å². The molecule has 0 aliphatic carbocycles. The van der Waals surface area contributed by atoms with Crippen molar-refractivity contribution in [2.45, 2.75) is 37.3 Å². The summed E-state index contributed by atoms with van der Waals surface area (Å²) in [6.07, 6.45) is 3.58. The summed E-state index contributed by atoms with van der Waals surface area (Å²) < 4.78 is 19.5. The topological polar surface area (TPSA) is 12.5 Å². The summed E-state index contributed by atoms with van der Waals surface area (Å²) >= 11 is 5.95. The molecule has 2 bridgehead atoms. The normalized spacial score (nSPS) is 28.9. The molecule has 2 aliphatic rings. The molecule has 2 aliphatic heterocycles. The standard InChI is InChI=1S/C21H23ClFNO/c1-24-17-8-11-21(24)20(13-25-18-9-4-15(22)5-10-18)19(12-17)14-2-6-16(23)7-3-14/h2-7,9-10,17,19-21H,8,11-13H2,1H3/t17-,19+,20-,21+/m1/s1. The lowest BCUT2D eigenvalue weighted by atomic mass is 9.76. The van der Waals surface area contributed by atoms with Crippen LogP contribution < -0.4 is 4.74 Å². The first-order chi connectivity index (χ1) is 12.1. The van der Waals surface area contributed by atoms with Gasteiger partial charge in [-0.15, -0.1) is 0 Å². The molecule has 0 saturated carbocycles. The Morgan fingerprint density at radius 1 is 1.08 bits per heavy atom. The Kier molecular flexibility index (Phi) is 4.70. The number of fused-ring (bicyclic) bond motifs is 2. The molecule has 0 aromatic heterocycles. The molecule has 2 aromatic carbocycles. The van der Waals surface area contributed by atoms with Crippen molar-refractivity contribution in [3.8, 4) is 5.75 Å². The zero-order valence-corrected chi connectivity index (χ0v) is 15.1. The number of hydrogen-bond donors (Lipinski definition) is 0. The van der Waals surface area contributed by atoms with Gasteiger partial charge in [-0.1, -0.05) is 23.7 Å². The largest absolute Gasteiger partial charge is 0.493 e. The van der Waals surface area contributed by atoms with Gasteiger partial charge in [-0.05, 0) is 74.2 Å². The summed E-state index contributed by atoms with van der Waals surface area (Å²) in [7, 11) is 2.23. The van der Waals surface area contributed by atoms with Crippen LogP contribution in [0.1, 0.15) is 30.7 Å². The fourth-order valence-corrected chi connectivity index (χ4v) is 4.75. The van der Waals surface area contributed by atoms with E-state index < -0.39 is 0 Å². The van der Waals surface area contributed by atoms with Crippen molar-refractivity contribution in [2.75, 3.05) is 13.7 Å². The van der Waals surface area contributed by atoms with Gasteiger partial charge in [0.15, 0.2) is 0 Å². The van der Waals surface area contributed by atoms with E-state index >= 15 is 0 Å². The predicted molar refractivity (Wildman–Crippen MR) is 98.8 cm³/mol. The number of ether oxygens (including phenoxy) is 1. The Balaban J connectivity index is 1.56. The molecule has 0 unspecified atom stereocenters. The van der Waals surface area contributed by atoms with Gasteiger partial charge in [0.05, 0.1) is 6.61 Å². The molecule has 0 spiro atoms. The van der Waals surface area contributed by atoms with Gasteiger partial charge in [0.25, 0.3) is 0 Å². The molecule has 4 rings (SSSR count). The summed E-state index contributed by atoms with van der Waals surface area (Å²) in [6, 6.07) is 15.7. The fraction of sp³-hybridized carbons (Fsp3) is 0.429. The first-order valence-corrected chi connectivity index (χ1v) is 9.35. The molecule has 4 atom stereocenters. The summed E-state index contributed by atoms with van der Waals surface area (Å²) in [6.45, 7) is 0.672. The van der Waals surface area contributed by atoms with Crippen LogP contribution in [-0.2, 0) is 0 Å². The highest BCUT2D eigenvalue weighted by atomic mass is 35.5. The van der Waals surface area contributed by atoms with E-state index in [1.807, 2.05) is 36.4 Å². The maximum Gasteiger partial charge on any atom is 0.123 e. The van der Waals surface area contributed by atoms with Crippen LogP contribution >= 0.6 is 11.6 Å². The highest BCUT2D eigenvalue weighted by Gasteiger charge is 2.46. The molecular formula is C21H23ClFNO. The first-order valence-electron chi connectivity index (χ1n) is 8.97. The molecule has 2 nitrogen and oxygen atoms in total. The third kappa shape index (κ3) is 3.40. The minimum atomic E-state index is -0.173. The fourth-order valence-electron chi connectivity index (χ4n) is 4.62. The molecule has 0 N–H and O–H groups in total. The quantitative estimate of drug-likeness (QED) is 0.750. The van der Waals surface area contributed by atoms with E-state index in [9.17, 15) is 4.39 Å². The second kappa shape index (κ2) is 6.97. The van der Waals surface area contributed by atoms with Gasteiger partial charge in [-0.3, -0.25) is 0 Å². The lowest BCUT2D eigenvalue weighted by Gasteiger charge is -2.43. The Bertz CT molecular complexity index is 718. The van der Waals surface area contributed by atoms with E-state index in [0.717, 1.165) is 12.2 Å². The van der Waals surface area contributed by atoms with E-state index in [0.29, 0.717) is 35.5 Å². The molecule has 0 radical (unpaired) electrons. The van der Waals surface area contributed by atoms with E-state index in [1.54, 1.807) is 12.1 Å². The Morgan fingerprint density at radius 2 is 1.80 bits per heavy atom. The Morgan fingerprint density at radius 3 is 2.52 bits per heavy atom. The van der Waals surface area contributed by atoms with Crippen molar-refractivity contribution >= 4 is 11.6 Å². The van der Waals surface area contributed by atoms with Crippen molar-refractivity contribution < 1.29 is 9.13 Å². The van der Waals surface area contributed by atoms with Gasteiger partial charge in [0, 0.05) is 23.0 Å². The van der Waals surface area contributed by atoms with E-state index in [4.69, 9.17) is 16.3 Å². The van der Waals surface area contributed by atoms with Crippen LogP contribution in [0.2, 0.25) is 5.02 Å². The third-order valence-electron chi connectivity index (χ3n) is 5.99. The van der Waals surface area contributed by atoms with Gasteiger partial charge < -0.3 is 9.64 Å². The zero-order valence-electron chi connectivity index (χ0n) is 14.4. The van der Waals surface area contributed by atoms with Crippen LogP contribution in [0, 0.1) is 11.7 Å². The Labute approximate surface area is 153 Å². The van der Waals surface area contributed by atoms with Gasteiger partial charge in [0.1, 0.15) is 11.6 Å². The van der Waals surface area contributed by atoms with Gasteiger partial charge in [-0.2, -0.15) is 0 Å². The van der Waals surface area contributed by atoms with E-state index in [2.05, 4.69) is 11.9 Å². The van der Waals surface area contributed by atoms with Crippen molar-refractivity contribution in [3.05, 3.63) is 64.9 Å². The maximum absolute atomic E-state index is 13.3. The number of halogens is 2. The van der Waals surface area contributed by atoms with E-state index in [-0.39, 0.29) is 5.82 Å². The molecular weight excluding hydrogens is 337 g/mol. The van der Waals surface area contributed by atoms with Crippen LogP contribution in [-0.4, -0.2) is 30.6 Å². The average Bonchev–Trinajstić information content (AvgIpc) is 2.86. The molecule has 132 valence electrons. The second-order valence-electron chi connectivity index (χ2n) is 7.29. The molecule has 25 heavy (non-hydrogen) atoms. The molecule has 2 heterocycles. The van der Waals surface area contributed by atoms with Gasteiger partial charge >= 0.3 is 0 Å². The van der Waals surface area contributed by atoms with Crippen molar-refractivity contribution in [3.63, 3.8) is 0 Å². The Hall–Kier alpha value is -1.58. The minimum Gasteiger partial charge on any atom is -0.493 e. The number of piperidine rings is 1. The molecule has 0 amide bonds. The number of hydrogen-bond acceptors (Lipinski definition) is 2. The average molecular weight is 360 g/mol. The summed E-state index contributed by atoms with van der Waals surface area (Å²) in [5.74, 6) is 1.50. The number of benzene rings is 2. The third-order valence-corrected chi connectivity index (χ3v) is 6.24. The van der Waals surface area contributed by atoms with Crippen LogP contribution in [0.15, 0.2) is 48.5 Å². The van der Waals surface area contributed by atoms with E-state index in [1.165, 1.54) is 18.4 Å². The highest BCUT2D eigenvalue weighted by molar-refractivity contribution is 6.30. The monoisotopic (exact) mass is 359 g/mol. The molecule has 2 saturated heterocycles. The minimum absolute atomic E-state index is 0.173. The van der Waals surface area contributed by atoms with Crippen molar-refractivity contribution in [1.29, 1.82) is 0 Å². The van der Waals surface area contributed by atoms with Crippen LogP contribution in [0.25, 0.3) is 0 Å². The zero-order chi connectivity index (χ0) is 17.4. The lowest BCUT2D eigenvalue weighted by molar-refractivity contribution is 0.0665. The smallest absolute Gasteiger partial charge is 0.123 e. The molecule has 4 heteroatoms. The summed E-state index contributed by atoms with van der Waals surface area (Å²) in [5.41, 5.74) is 1.23.